The summed E-state index contributed by atoms with van der Waals surface area (Å²) in [5, 5.41) is 3.77. The van der Waals surface area contributed by atoms with E-state index in [-0.39, 0.29) is 24.2 Å². The highest BCUT2D eigenvalue weighted by Gasteiger charge is 2.37. The molecular formula is C18H22Cl2N2O2. The van der Waals surface area contributed by atoms with Crippen molar-refractivity contribution < 1.29 is 9.59 Å². The summed E-state index contributed by atoms with van der Waals surface area (Å²) in [5.74, 6) is -0.390. The van der Waals surface area contributed by atoms with Gasteiger partial charge in [0.15, 0.2) is 0 Å². The molecular weight excluding hydrogens is 347 g/mol. The molecule has 2 fully saturated rings. The molecule has 130 valence electrons. The van der Waals surface area contributed by atoms with Gasteiger partial charge in [-0.25, -0.2) is 0 Å². The van der Waals surface area contributed by atoms with Crippen LogP contribution in [0.3, 0.4) is 0 Å². The Labute approximate surface area is 152 Å². The third kappa shape index (κ3) is 4.04. The molecule has 1 saturated carbocycles. The fourth-order valence-electron chi connectivity index (χ4n) is 3.66. The topological polar surface area (TPSA) is 49.4 Å². The zero-order chi connectivity index (χ0) is 17.1. The number of carbonyl (C=O) groups excluding carboxylic acids is 2. The number of likely N-dealkylation sites (tertiary alicyclic amines) is 1. The maximum atomic E-state index is 12.5. The third-order valence-electron chi connectivity index (χ3n) is 4.98. The average Bonchev–Trinajstić information content (AvgIpc) is 2.77. The summed E-state index contributed by atoms with van der Waals surface area (Å²) in [7, 11) is 0. The number of halogens is 2. The second-order valence-corrected chi connectivity index (χ2v) is 7.55. The van der Waals surface area contributed by atoms with E-state index in [1.54, 1.807) is 18.2 Å². The monoisotopic (exact) mass is 368 g/mol. The molecule has 1 unspecified atom stereocenters. The molecule has 0 radical (unpaired) electrons. The third-order valence-corrected chi connectivity index (χ3v) is 5.55. The minimum atomic E-state index is -0.323. The highest BCUT2D eigenvalue weighted by atomic mass is 35.5. The van der Waals surface area contributed by atoms with Gasteiger partial charge < -0.3 is 10.2 Å². The first-order chi connectivity index (χ1) is 11.5. The lowest BCUT2D eigenvalue weighted by molar-refractivity contribution is -0.130. The van der Waals surface area contributed by atoms with Crippen molar-refractivity contribution in [2.45, 2.75) is 51.0 Å². The Hall–Kier alpha value is -1.26. The second kappa shape index (κ2) is 7.75. The largest absolute Gasteiger partial charge is 0.339 e. The van der Waals surface area contributed by atoms with Crippen molar-refractivity contribution in [1.82, 2.24) is 4.90 Å². The quantitative estimate of drug-likeness (QED) is 0.798. The lowest BCUT2D eigenvalue weighted by Gasteiger charge is -2.27. The van der Waals surface area contributed by atoms with Crippen LogP contribution in [-0.4, -0.2) is 29.3 Å². The summed E-state index contributed by atoms with van der Waals surface area (Å²) in [6.45, 7) is 0.507. The van der Waals surface area contributed by atoms with Gasteiger partial charge in [0, 0.05) is 24.0 Å². The van der Waals surface area contributed by atoms with Gasteiger partial charge in [0.05, 0.1) is 16.6 Å². The van der Waals surface area contributed by atoms with E-state index in [9.17, 15) is 9.59 Å². The van der Waals surface area contributed by atoms with Gasteiger partial charge in [-0.3, -0.25) is 9.59 Å². The number of hydrogen-bond acceptors (Lipinski definition) is 2. The molecule has 1 aromatic carbocycles. The van der Waals surface area contributed by atoms with Crippen LogP contribution in [-0.2, 0) is 9.59 Å². The molecule has 0 spiro atoms. The zero-order valence-electron chi connectivity index (χ0n) is 13.6. The maximum absolute atomic E-state index is 12.5. The summed E-state index contributed by atoms with van der Waals surface area (Å²) >= 11 is 12.0. The zero-order valence-corrected chi connectivity index (χ0v) is 15.1. The molecule has 6 heteroatoms. The van der Waals surface area contributed by atoms with E-state index >= 15 is 0 Å². The van der Waals surface area contributed by atoms with Crippen molar-refractivity contribution in [3.63, 3.8) is 0 Å². The van der Waals surface area contributed by atoms with Gasteiger partial charge in [0.1, 0.15) is 0 Å². The van der Waals surface area contributed by atoms with Crippen molar-refractivity contribution in [3.8, 4) is 0 Å². The van der Waals surface area contributed by atoms with E-state index in [0.29, 0.717) is 28.3 Å². The predicted molar refractivity (Wildman–Crippen MR) is 96.4 cm³/mol. The maximum Gasteiger partial charge on any atom is 0.229 e. The second-order valence-electron chi connectivity index (χ2n) is 6.71. The molecule has 24 heavy (non-hydrogen) atoms. The van der Waals surface area contributed by atoms with Gasteiger partial charge in [-0.05, 0) is 31.0 Å². The first kappa shape index (κ1) is 17.6. The minimum Gasteiger partial charge on any atom is -0.339 e. The number of benzene rings is 1. The van der Waals surface area contributed by atoms with Crippen LogP contribution in [0.1, 0.15) is 44.9 Å². The SMILES string of the molecule is O=C(Nc1cc(Cl)ccc1Cl)C1CC(=O)N(C2CCCCCC2)C1. The van der Waals surface area contributed by atoms with Crippen LogP contribution < -0.4 is 5.32 Å². The van der Waals surface area contributed by atoms with Gasteiger partial charge in [-0.1, -0.05) is 48.9 Å². The molecule has 3 rings (SSSR count). The highest BCUT2D eigenvalue weighted by Crippen LogP contribution is 2.30. The molecule has 1 saturated heterocycles. The van der Waals surface area contributed by atoms with Crippen LogP contribution in [0, 0.1) is 5.92 Å². The van der Waals surface area contributed by atoms with E-state index < -0.39 is 0 Å². The van der Waals surface area contributed by atoms with E-state index in [2.05, 4.69) is 5.32 Å². The van der Waals surface area contributed by atoms with Gasteiger partial charge in [0.2, 0.25) is 11.8 Å². The molecule has 1 aromatic rings. The number of amides is 2. The Kier molecular flexibility index (Phi) is 5.67. The summed E-state index contributed by atoms with van der Waals surface area (Å²) in [6.07, 6.45) is 7.22. The molecule has 1 atom stereocenters. The number of anilines is 1. The number of rotatable bonds is 3. The van der Waals surface area contributed by atoms with Crippen molar-refractivity contribution >= 4 is 40.7 Å². The fraction of sp³-hybridized carbons (Fsp3) is 0.556. The van der Waals surface area contributed by atoms with Crippen LogP contribution in [0.5, 0.6) is 0 Å². The first-order valence-electron chi connectivity index (χ1n) is 8.60. The van der Waals surface area contributed by atoms with Crippen LogP contribution in [0.15, 0.2) is 18.2 Å². The van der Waals surface area contributed by atoms with Crippen molar-refractivity contribution in [3.05, 3.63) is 28.2 Å². The molecule has 1 aliphatic heterocycles. The highest BCUT2D eigenvalue weighted by molar-refractivity contribution is 6.35. The Morgan fingerprint density at radius 2 is 1.83 bits per heavy atom. The standard InChI is InChI=1S/C18H22Cl2N2O2/c19-13-7-8-15(20)16(10-13)21-18(24)12-9-17(23)22(11-12)14-5-3-1-2-4-6-14/h7-8,10,12,14H,1-6,9,11H2,(H,21,24). The summed E-state index contributed by atoms with van der Waals surface area (Å²) < 4.78 is 0. The number of hydrogen-bond donors (Lipinski definition) is 1. The molecule has 4 nitrogen and oxygen atoms in total. The average molecular weight is 369 g/mol. The summed E-state index contributed by atoms with van der Waals surface area (Å²) in [6, 6.07) is 5.25. The van der Waals surface area contributed by atoms with Crippen LogP contribution in [0.4, 0.5) is 5.69 Å². The molecule has 0 bridgehead atoms. The number of nitrogens with one attached hydrogen (secondary N) is 1. The van der Waals surface area contributed by atoms with E-state index in [4.69, 9.17) is 23.2 Å². The fourth-order valence-corrected chi connectivity index (χ4v) is 3.99. The lowest BCUT2D eigenvalue weighted by Crippen LogP contribution is -2.37. The molecule has 1 N–H and O–H groups in total. The van der Waals surface area contributed by atoms with Crippen LogP contribution in [0.25, 0.3) is 0 Å². The first-order valence-corrected chi connectivity index (χ1v) is 9.35. The Morgan fingerprint density at radius 3 is 2.54 bits per heavy atom. The Morgan fingerprint density at radius 1 is 1.12 bits per heavy atom. The lowest BCUT2D eigenvalue weighted by atomic mass is 10.1. The van der Waals surface area contributed by atoms with Gasteiger partial charge in [-0.15, -0.1) is 0 Å². The molecule has 2 amide bonds. The van der Waals surface area contributed by atoms with Crippen molar-refractivity contribution in [2.24, 2.45) is 5.92 Å². The predicted octanol–water partition coefficient (Wildman–Crippen LogP) is 4.50. The van der Waals surface area contributed by atoms with Crippen LogP contribution in [0.2, 0.25) is 10.0 Å². The molecule has 0 aromatic heterocycles. The molecule has 2 aliphatic rings. The number of nitrogens with zero attached hydrogens (tertiary/aromatic N) is 1. The Balaban J connectivity index is 1.64. The Bertz CT molecular complexity index is 627. The van der Waals surface area contributed by atoms with Crippen LogP contribution >= 0.6 is 23.2 Å². The van der Waals surface area contributed by atoms with Gasteiger partial charge in [0.25, 0.3) is 0 Å². The van der Waals surface area contributed by atoms with E-state index in [0.717, 1.165) is 12.8 Å². The van der Waals surface area contributed by atoms with Gasteiger partial charge >= 0.3 is 0 Å². The minimum absolute atomic E-state index is 0.0965. The normalized spacial score (nSPS) is 22.5. The van der Waals surface area contributed by atoms with E-state index in [1.807, 2.05) is 4.90 Å². The van der Waals surface area contributed by atoms with Gasteiger partial charge in [-0.2, -0.15) is 0 Å². The number of carbonyl (C=O) groups is 2. The summed E-state index contributed by atoms with van der Waals surface area (Å²) in [4.78, 5) is 26.8. The summed E-state index contributed by atoms with van der Waals surface area (Å²) in [5.41, 5.74) is 0.495. The molecule has 1 heterocycles. The smallest absolute Gasteiger partial charge is 0.229 e. The molecule has 1 aliphatic carbocycles. The van der Waals surface area contributed by atoms with E-state index in [1.165, 1.54) is 25.7 Å². The van der Waals surface area contributed by atoms with Crippen molar-refractivity contribution in [2.75, 3.05) is 11.9 Å². The van der Waals surface area contributed by atoms with Crippen molar-refractivity contribution in [1.29, 1.82) is 0 Å².